The predicted octanol–water partition coefficient (Wildman–Crippen LogP) is 2.06. The third-order valence-corrected chi connectivity index (χ3v) is 6.30. The lowest BCUT2D eigenvalue weighted by atomic mass is 10.1. The van der Waals surface area contributed by atoms with E-state index in [2.05, 4.69) is 5.32 Å². The summed E-state index contributed by atoms with van der Waals surface area (Å²) in [5.41, 5.74) is 1.70. The molecule has 2 heterocycles. The molecule has 11 heteroatoms. The second-order valence-corrected chi connectivity index (χ2v) is 9.93. The first-order valence-corrected chi connectivity index (χ1v) is 12.2. The number of amides is 3. The second kappa shape index (κ2) is 11.7. The van der Waals surface area contributed by atoms with Crippen molar-refractivity contribution in [1.82, 2.24) is 19.4 Å². The number of hydrogen-bond donors (Lipinski definition) is 2. The largest absolute Gasteiger partial charge is 0.465 e. The van der Waals surface area contributed by atoms with Crippen LogP contribution >= 0.6 is 0 Å². The molecular weight excluding hydrogens is 468 g/mol. The summed E-state index contributed by atoms with van der Waals surface area (Å²) in [4.78, 5) is 49.3. The van der Waals surface area contributed by atoms with Gasteiger partial charge in [0.1, 0.15) is 6.04 Å². The first kappa shape index (κ1) is 27.4. The molecule has 2 aromatic rings. The molecule has 11 nitrogen and oxygen atoms in total. The number of hydrogen-bond acceptors (Lipinski definition) is 6. The van der Waals surface area contributed by atoms with Gasteiger partial charge in [0.25, 0.3) is 0 Å². The van der Waals surface area contributed by atoms with Crippen molar-refractivity contribution in [3.05, 3.63) is 34.2 Å². The highest BCUT2D eigenvalue weighted by Gasteiger charge is 2.31. The highest BCUT2D eigenvalue weighted by molar-refractivity contribution is 6.00. The summed E-state index contributed by atoms with van der Waals surface area (Å²) in [5, 5.41) is 11.6. The minimum absolute atomic E-state index is 0.208. The van der Waals surface area contributed by atoms with Crippen LogP contribution < -0.4 is 11.0 Å². The van der Waals surface area contributed by atoms with Gasteiger partial charge in [-0.15, -0.1) is 0 Å². The molecule has 1 aliphatic heterocycles. The van der Waals surface area contributed by atoms with Gasteiger partial charge in [-0.3, -0.25) is 24.0 Å². The van der Waals surface area contributed by atoms with Crippen molar-refractivity contribution in [2.45, 2.75) is 58.0 Å². The number of aromatic nitrogens is 2. The summed E-state index contributed by atoms with van der Waals surface area (Å²) in [6.07, 6.45) is 1.09. The Bertz CT molecular complexity index is 1160. The number of rotatable bonds is 11. The summed E-state index contributed by atoms with van der Waals surface area (Å²) < 4.78 is 14.1. The summed E-state index contributed by atoms with van der Waals surface area (Å²) in [7, 11) is 1.68. The number of carbonyl (C=O) groups excluding carboxylic acids is 2. The maximum Gasteiger partial charge on any atom is 0.407 e. The van der Waals surface area contributed by atoms with Gasteiger partial charge in [0.15, 0.2) is 0 Å². The van der Waals surface area contributed by atoms with Gasteiger partial charge >= 0.3 is 11.8 Å². The fourth-order valence-electron chi connectivity index (χ4n) is 4.37. The Morgan fingerprint density at radius 1 is 1.11 bits per heavy atom. The van der Waals surface area contributed by atoms with E-state index in [4.69, 9.17) is 9.47 Å². The monoisotopic (exact) mass is 504 g/mol. The number of benzene rings is 1. The van der Waals surface area contributed by atoms with Crippen molar-refractivity contribution in [3.63, 3.8) is 0 Å². The lowest BCUT2D eigenvalue weighted by Gasteiger charge is -2.32. The Morgan fingerprint density at radius 2 is 1.81 bits per heavy atom. The highest BCUT2D eigenvalue weighted by Crippen LogP contribution is 2.24. The van der Waals surface area contributed by atoms with Crippen LogP contribution in [0.25, 0.3) is 11.0 Å². The topological polar surface area (TPSA) is 132 Å². The van der Waals surface area contributed by atoms with E-state index in [1.165, 1.54) is 14.0 Å². The van der Waals surface area contributed by atoms with E-state index < -0.39 is 23.6 Å². The molecule has 1 atom stereocenters. The van der Waals surface area contributed by atoms with Crippen LogP contribution in [-0.4, -0.2) is 75.6 Å². The number of aryl methyl sites for hydroxylation is 2. The minimum Gasteiger partial charge on any atom is -0.465 e. The van der Waals surface area contributed by atoms with Crippen LogP contribution in [0.5, 0.6) is 0 Å². The van der Waals surface area contributed by atoms with Crippen LogP contribution in [0, 0.1) is 0 Å². The predicted molar refractivity (Wildman–Crippen MR) is 133 cm³/mol. The average molecular weight is 505 g/mol. The van der Waals surface area contributed by atoms with Crippen molar-refractivity contribution < 1.29 is 29.0 Å². The number of carbonyl (C=O) groups is 3. The molecule has 0 aliphatic carbocycles. The first-order chi connectivity index (χ1) is 17.0. The number of nitrogens with one attached hydrogen (secondary N) is 1. The van der Waals surface area contributed by atoms with Gasteiger partial charge in [-0.2, -0.15) is 0 Å². The SMILES string of the molecule is Cn1c(=O)n(C2CCC(=O)NC2=O)c2ccc(CCCOCCOCCN(C(=O)O)C(C)(C)C)cc21. The first-order valence-electron chi connectivity index (χ1n) is 12.2. The van der Waals surface area contributed by atoms with Gasteiger partial charge < -0.3 is 19.5 Å². The van der Waals surface area contributed by atoms with E-state index in [0.717, 1.165) is 23.9 Å². The van der Waals surface area contributed by atoms with Crippen LogP contribution in [0.4, 0.5) is 4.79 Å². The molecule has 198 valence electrons. The van der Waals surface area contributed by atoms with Gasteiger partial charge in [0, 0.05) is 32.2 Å². The molecular formula is C25H36N4O7. The van der Waals surface area contributed by atoms with Crippen molar-refractivity contribution in [3.8, 4) is 0 Å². The van der Waals surface area contributed by atoms with E-state index in [1.807, 2.05) is 39.0 Å². The van der Waals surface area contributed by atoms with Gasteiger partial charge in [0.2, 0.25) is 11.8 Å². The van der Waals surface area contributed by atoms with Crippen molar-refractivity contribution >= 4 is 28.9 Å². The Morgan fingerprint density at radius 3 is 2.44 bits per heavy atom. The maximum atomic E-state index is 12.8. The number of piperidine rings is 1. The number of nitrogens with zero attached hydrogens (tertiary/aromatic N) is 3. The molecule has 36 heavy (non-hydrogen) atoms. The van der Waals surface area contributed by atoms with E-state index in [1.54, 1.807) is 7.05 Å². The van der Waals surface area contributed by atoms with Crippen LogP contribution in [0.1, 0.15) is 51.6 Å². The Balaban J connectivity index is 1.44. The zero-order valence-corrected chi connectivity index (χ0v) is 21.4. The maximum absolute atomic E-state index is 12.8. The molecule has 0 radical (unpaired) electrons. The number of imide groups is 1. The quantitative estimate of drug-likeness (QED) is 0.354. The van der Waals surface area contributed by atoms with Crippen molar-refractivity contribution in [2.75, 3.05) is 33.0 Å². The third-order valence-electron chi connectivity index (χ3n) is 6.30. The fraction of sp³-hybridized carbons (Fsp3) is 0.600. The van der Waals surface area contributed by atoms with Crippen LogP contribution in [0.3, 0.4) is 0 Å². The lowest BCUT2D eigenvalue weighted by Crippen LogP contribution is -2.46. The normalized spacial score (nSPS) is 16.4. The van der Waals surface area contributed by atoms with Gasteiger partial charge in [-0.1, -0.05) is 6.07 Å². The Hall–Kier alpha value is -3.18. The van der Waals surface area contributed by atoms with Crippen molar-refractivity contribution in [2.24, 2.45) is 7.05 Å². The number of fused-ring (bicyclic) bond motifs is 1. The van der Waals surface area contributed by atoms with Crippen LogP contribution in [0.2, 0.25) is 0 Å². The van der Waals surface area contributed by atoms with E-state index >= 15 is 0 Å². The molecule has 0 spiro atoms. The molecule has 1 aliphatic rings. The summed E-state index contributed by atoms with van der Waals surface area (Å²) >= 11 is 0. The van der Waals surface area contributed by atoms with Crippen LogP contribution in [0.15, 0.2) is 23.0 Å². The Labute approximate surface area is 210 Å². The summed E-state index contributed by atoms with van der Waals surface area (Å²) in [5.74, 6) is -0.759. The molecule has 1 aromatic carbocycles. The van der Waals surface area contributed by atoms with Crippen molar-refractivity contribution in [1.29, 1.82) is 0 Å². The van der Waals surface area contributed by atoms with E-state index in [9.17, 15) is 24.3 Å². The third kappa shape index (κ3) is 6.52. The smallest absolute Gasteiger partial charge is 0.407 e. The molecule has 3 amide bonds. The van der Waals surface area contributed by atoms with Crippen LogP contribution in [-0.2, 0) is 32.5 Å². The molecule has 0 bridgehead atoms. The number of imidazole rings is 1. The summed E-state index contributed by atoms with van der Waals surface area (Å²) in [6, 6.07) is 5.05. The number of ether oxygens (including phenoxy) is 2. The fourth-order valence-corrected chi connectivity index (χ4v) is 4.37. The van der Waals surface area contributed by atoms with E-state index in [-0.39, 0.29) is 18.0 Å². The molecule has 1 aromatic heterocycles. The van der Waals surface area contributed by atoms with Gasteiger partial charge in [-0.25, -0.2) is 9.59 Å². The molecule has 2 N–H and O–H groups in total. The standard InChI is InChI=1S/C25H36N4O7/c1-25(2,3)28(24(33)34)11-13-36-15-14-35-12-5-6-17-7-8-18-20(16-17)27(4)23(32)29(18)19-9-10-21(30)26-22(19)31/h7-8,16,19H,5-6,9-15H2,1-4H3,(H,33,34)(H,26,30,31). The lowest BCUT2D eigenvalue weighted by molar-refractivity contribution is -0.135. The molecule has 3 rings (SSSR count). The molecule has 1 saturated heterocycles. The Kier molecular flexibility index (Phi) is 8.91. The molecule has 1 fully saturated rings. The van der Waals surface area contributed by atoms with Gasteiger partial charge in [-0.05, 0) is 57.7 Å². The zero-order chi connectivity index (χ0) is 26.5. The van der Waals surface area contributed by atoms with E-state index in [0.29, 0.717) is 44.9 Å². The number of carboxylic acid groups (broad SMARTS) is 1. The second-order valence-electron chi connectivity index (χ2n) is 9.93. The zero-order valence-electron chi connectivity index (χ0n) is 21.4. The summed E-state index contributed by atoms with van der Waals surface area (Å²) in [6.45, 7) is 7.49. The molecule has 0 saturated carbocycles. The molecule has 1 unspecified atom stereocenters. The average Bonchev–Trinajstić information content (AvgIpc) is 3.04. The highest BCUT2D eigenvalue weighted by atomic mass is 16.5. The minimum atomic E-state index is -0.965. The van der Waals surface area contributed by atoms with Gasteiger partial charge in [0.05, 0.1) is 30.9 Å².